The monoisotopic (exact) mass is 251 g/mol. The first-order chi connectivity index (χ1) is 8.60. The first-order valence-electron chi connectivity index (χ1n) is 5.78. The van der Waals surface area contributed by atoms with Crippen LogP contribution in [0.5, 0.6) is 0 Å². The van der Waals surface area contributed by atoms with Gasteiger partial charge < -0.3 is 20.5 Å². The fourth-order valence-electron chi connectivity index (χ4n) is 1.96. The number of ether oxygens (including phenoxy) is 1. The van der Waals surface area contributed by atoms with Gasteiger partial charge >= 0.3 is 0 Å². The number of aliphatic hydroxyl groups is 1. The van der Waals surface area contributed by atoms with Gasteiger partial charge in [0.05, 0.1) is 31.2 Å². The number of aromatic nitrogens is 2. The molecule has 0 radical (unpaired) electrons. The molecular weight excluding hydrogens is 234 g/mol. The molecule has 0 spiro atoms. The lowest BCUT2D eigenvalue weighted by Gasteiger charge is -2.36. The average Bonchev–Trinajstić information content (AvgIpc) is 2.38. The van der Waals surface area contributed by atoms with Crippen LogP contribution < -0.4 is 10.6 Å². The number of morpholine rings is 1. The van der Waals surface area contributed by atoms with Gasteiger partial charge in [0.25, 0.3) is 0 Å². The highest BCUT2D eigenvalue weighted by Crippen LogP contribution is 2.17. The Morgan fingerprint density at radius 2 is 2.33 bits per heavy atom. The molecule has 1 aromatic heterocycles. The molecule has 7 nitrogen and oxygen atoms in total. The van der Waals surface area contributed by atoms with Crippen molar-refractivity contribution in [1.82, 2.24) is 9.97 Å². The summed E-state index contributed by atoms with van der Waals surface area (Å²) < 4.78 is 5.56. The van der Waals surface area contributed by atoms with Gasteiger partial charge in [-0.15, -0.1) is 0 Å². The van der Waals surface area contributed by atoms with Gasteiger partial charge in [-0.25, -0.2) is 9.97 Å². The molecule has 7 heteroatoms. The molecule has 0 bridgehead atoms. The van der Waals surface area contributed by atoms with Gasteiger partial charge in [-0.05, 0) is 6.92 Å². The van der Waals surface area contributed by atoms with E-state index in [4.69, 9.17) is 21.0 Å². The van der Waals surface area contributed by atoms with E-state index in [1.807, 2.05) is 11.8 Å². The number of amidine groups is 1. The number of nitrogens with one attached hydrogen (secondary N) is 1. The van der Waals surface area contributed by atoms with E-state index in [2.05, 4.69) is 9.97 Å². The van der Waals surface area contributed by atoms with E-state index in [1.54, 1.807) is 6.20 Å². The summed E-state index contributed by atoms with van der Waals surface area (Å²) in [4.78, 5) is 10.3. The topological polar surface area (TPSA) is 108 Å². The SMILES string of the molecule is CC1CN(c2cnc(C(=N)N)cn2)CC(CO)O1. The Morgan fingerprint density at radius 1 is 1.56 bits per heavy atom. The van der Waals surface area contributed by atoms with E-state index < -0.39 is 0 Å². The van der Waals surface area contributed by atoms with Crippen LogP contribution in [0.1, 0.15) is 12.6 Å². The van der Waals surface area contributed by atoms with Crippen LogP contribution in [0.2, 0.25) is 0 Å². The van der Waals surface area contributed by atoms with Crippen LogP contribution in [0.15, 0.2) is 12.4 Å². The minimum absolute atomic E-state index is 0.0141. The maximum atomic E-state index is 9.16. The summed E-state index contributed by atoms with van der Waals surface area (Å²) in [5.74, 6) is 0.603. The second-order valence-electron chi connectivity index (χ2n) is 4.33. The lowest BCUT2D eigenvalue weighted by Crippen LogP contribution is -2.48. The second-order valence-corrected chi connectivity index (χ2v) is 4.33. The summed E-state index contributed by atoms with van der Waals surface area (Å²) >= 11 is 0. The van der Waals surface area contributed by atoms with E-state index in [0.29, 0.717) is 24.6 Å². The standard InChI is InChI=1S/C11H17N5O2/c1-7-4-16(5-8(6-17)18-7)10-3-14-9(2-15-10)11(12)13/h2-3,7-8,17H,4-6H2,1H3,(H3,12,13). The first-order valence-corrected chi connectivity index (χ1v) is 5.78. The minimum atomic E-state index is -0.206. The van der Waals surface area contributed by atoms with Crippen molar-refractivity contribution >= 4 is 11.7 Å². The Hall–Kier alpha value is -1.73. The smallest absolute Gasteiger partial charge is 0.147 e. The molecule has 98 valence electrons. The van der Waals surface area contributed by atoms with E-state index in [-0.39, 0.29) is 24.7 Å². The van der Waals surface area contributed by atoms with Crippen molar-refractivity contribution in [3.63, 3.8) is 0 Å². The van der Waals surface area contributed by atoms with Gasteiger partial charge in [0, 0.05) is 13.1 Å². The van der Waals surface area contributed by atoms with Crippen molar-refractivity contribution in [3.05, 3.63) is 18.1 Å². The molecule has 1 fully saturated rings. The van der Waals surface area contributed by atoms with Crippen molar-refractivity contribution in [2.75, 3.05) is 24.6 Å². The molecule has 1 aromatic rings. The summed E-state index contributed by atoms with van der Waals surface area (Å²) in [5.41, 5.74) is 5.68. The number of nitrogen functional groups attached to an aromatic ring is 1. The second kappa shape index (κ2) is 5.28. The third kappa shape index (κ3) is 2.74. The van der Waals surface area contributed by atoms with Crippen LogP contribution in [-0.4, -0.2) is 52.8 Å². The number of nitrogens with zero attached hydrogens (tertiary/aromatic N) is 3. The fraction of sp³-hybridized carbons (Fsp3) is 0.545. The maximum absolute atomic E-state index is 9.16. The van der Waals surface area contributed by atoms with Gasteiger partial charge in [0.2, 0.25) is 0 Å². The lowest BCUT2D eigenvalue weighted by molar-refractivity contribution is -0.0423. The molecule has 1 saturated heterocycles. The number of hydrogen-bond acceptors (Lipinski definition) is 6. The molecule has 2 atom stereocenters. The van der Waals surface area contributed by atoms with Crippen molar-refractivity contribution in [2.24, 2.45) is 5.73 Å². The number of anilines is 1. The van der Waals surface area contributed by atoms with Crippen LogP contribution in [0, 0.1) is 5.41 Å². The van der Waals surface area contributed by atoms with Crippen LogP contribution in [0.4, 0.5) is 5.82 Å². The van der Waals surface area contributed by atoms with Gasteiger partial charge in [-0.2, -0.15) is 0 Å². The zero-order chi connectivity index (χ0) is 13.1. The summed E-state index contributed by atoms with van der Waals surface area (Å²) in [6, 6.07) is 0. The van der Waals surface area contributed by atoms with Gasteiger partial charge in [0.15, 0.2) is 0 Å². The molecule has 0 aliphatic carbocycles. The van der Waals surface area contributed by atoms with Crippen LogP contribution in [0.3, 0.4) is 0 Å². The summed E-state index contributed by atoms with van der Waals surface area (Å²) in [5, 5.41) is 16.4. The van der Waals surface area contributed by atoms with Crippen LogP contribution in [-0.2, 0) is 4.74 Å². The highest BCUT2D eigenvalue weighted by molar-refractivity contribution is 5.92. The van der Waals surface area contributed by atoms with Crippen LogP contribution in [0.25, 0.3) is 0 Å². The van der Waals surface area contributed by atoms with E-state index in [1.165, 1.54) is 6.20 Å². The number of nitrogens with two attached hydrogens (primary N) is 1. The van der Waals surface area contributed by atoms with Crippen molar-refractivity contribution in [3.8, 4) is 0 Å². The van der Waals surface area contributed by atoms with E-state index in [0.717, 1.165) is 0 Å². The van der Waals surface area contributed by atoms with E-state index in [9.17, 15) is 0 Å². The highest BCUT2D eigenvalue weighted by atomic mass is 16.5. The van der Waals surface area contributed by atoms with E-state index >= 15 is 0 Å². The first kappa shape index (κ1) is 12.7. The molecule has 2 unspecified atom stereocenters. The Bertz CT molecular complexity index is 422. The number of hydrogen-bond donors (Lipinski definition) is 3. The molecule has 1 aliphatic rings. The van der Waals surface area contributed by atoms with Crippen molar-refractivity contribution < 1.29 is 9.84 Å². The van der Waals surface area contributed by atoms with Crippen LogP contribution >= 0.6 is 0 Å². The van der Waals surface area contributed by atoms with Crippen molar-refractivity contribution in [1.29, 1.82) is 5.41 Å². The molecule has 2 heterocycles. The lowest BCUT2D eigenvalue weighted by atomic mass is 10.2. The zero-order valence-electron chi connectivity index (χ0n) is 10.2. The molecule has 0 saturated carbocycles. The van der Waals surface area contributed by atoms with Gasteiger partial charge in [-0.3, -0.25) is 5.41 Å². The zero-order valence-corrected chi connectivity index (χ0v) is 10.2. The Labute approximate surface area is 105 Å². The minimum Gasteiger partial charge on any atom is -0.394 e. The van der Waals surface area contributed by atoms with Gasteiger partial charge in [-0.1, -0.05) is 0 Å². The molecule has 0 aromatic carbocycles. The molecular formula is C11H17N5O2. The third-order valence-electron chi connectivity index (χ3n) is 2.77. The molecule has 1 aliphatic heterocycles. The summed E-state index contributed by atoms with van der Waals surface area (Å²) in [6.45, 7) is 3.21. The third-order valence-corrected chi connectivity index (χ3v) is 2.77. The Kier molecular flexibility index (Phi) is 3.73. The molecule has 2 rings (SSSR count). The fourth-order valence-corrected chi connectivity index (χ4v) is 1.96. The normalized spacial score (nSPS) is 24.0. The van der Waals surface area contributed by atoms with Crippen molar-refractivity contribution in [2.45, 2.75) is 19.1 Å². The number of rotatable bonds is 3. The largest absolute Gasteiger partial charge is 0.394 e. The Balaban J connectivity index is 2.12. The average molecular weight is 251 g/mol. The molecule has 0 amide bonds. The Morgan fingerprint density at radius 3 is 2.89 bits per heavy atom. The summed E-state index contributed by atoms with van der Waals surface area (Å²) in [6.07, 6.45) is 2.89. The molecule has 4 N–H and O–H groups in total. The maximum Gasteiger partial charge on any atom is 0.147 e. The predicted molar refractivity (Wildman–Crippen MR) is 66.7 cm³/mol. The molecule has 18 heavy (non-hydrogen) atoms. The summed E-state index contributed by atoms with van der Waals surface area (Å²) in [7, 11) is 0. The number of aliphatic hydroxyl groups excluding tert-OH is 1. The highest BCUT2D eigenvalue weighted by Gasteiger charge is 2.25. The van der Waals surface area contributed by atoms with Gasteiger partial charge in [0.1, 0.15) is 17.3 Å². The quantitative estimate of drug-likeness (QED) is 0.486. The predicted octanol–water partition coefficient (Wildman–Crippen LogP) is -0.653.